The third kappa shape index (κ3) is 1.56. The number of hydrogen-bond acceptors (Lipinski definition) is 3. The highest BCUT2D eigenvalue weighted by molar-refractivity contribution is 5.89. The molecule has 3 N–H and O–H groups in total. The first-order valence-electron chi connectivity index (χ1n) is 6.52. The first-order chi connectivity index (χ1) is 8.63. The zero-order chi connectivity index (χ0) is 12.8. The summed E-state index contributed by atoms with van der Waals surface area (Å²) in [4.78, 5) is 3.37. The molecule has 1 aromatic rings. The lowest BCUT2D eigenvalue weighted by Crippen LogP contribution is -2.73. The molecular formula is C14H19N2O2+. The maximum Gasteiger partial charge on any atom is 0.259 e. The van der Waals surface area contributed by atoms with E-state index in [2.05, 4.69) is 11.9 Å². The monoisotopic (exact) mass is 247 g/mol. The number of para-hydroxylation sites is 1. The van der Waals surface area contributed by atoms with Gasteiger partial charge in [-0.2, -0.15) is 0 Å². The Morgan fingerprint density at radius 3 is 2.83 bits per heavy atom. The highest BCUT2D eigenvalue weighted by Crippen LogP contribution is 2.36. The SMILES string of the molecule is C[C@@]12CCCCC1=[NH+][C@@H](c1ccccc1O)N2O. The van der Waals surface area contributed by atoms with Gasteiger partial charge in [-0.3, -0.25) is 0 Å². The first kappa shape index (κ1) is 11.7. The summed E-state index contributed by atoms with van der Waals surface area (Å²) in [5, 5.41) is 21.8. The molecule has 3 rings (SSSR count). The van der Waals surface area contributed by atoms with E-state index in [1.54, 1.807) is 12.1 Å². The van der Waals surface area contributed by atoms with Crippen molar-refractivity contribution in [2.45, 2.75) is 44.3 Å². The van der Waals surface area contributed by atoms with Crippen molar-refractivity contribution >= 4 is 5.71 Å². The van der Waals surface area contributed by atoms with Gasteiger partial charge < -0.3 is 10.3 Å². The van der Waals surface area contributed by atoms with Gasteiger partial charge in [0, 0.05) is 6.42 Å². The van der Waals surface area contributed by atoms with Crippen LogP contribution >= 0.6 is 0 Å². The molecule has 96 valence electrons. The zero-order valence-electron chi connectivity index (χ0n) is 10.6. The molecule has 0 bridgehead atoms. The summed E-state index contributed by atoms with van der Waals surface area (Å²) in [6.07, 6.45) is 3.91. The van der Waals surface area contributed by atoms with E-state index in [1.165, 1.54) is 17.2 Å². The maximum absolute atomic E-state index is 10.5. The van der Waals surface area contributed by atoms with Crippen LogP contribution in [0.2, 0.25) is 0 Å². The zero-order valence-corrected chi connectivity index (χ0v) is 10.6. The van der Waals surface area contributed by atoms with Gasteiger partial charge in [0.1, 0.15) is 11.3 Å². The van der Waals surface area contributed by atoms with E-state index in [9.17, 15) is 10.3 Å². The van der Waals surface area contributed by atoms with Gasteiger partial charge in [0.05, 0.1) is 5.56 Å². The van der Waals surface area contributed by atoms with E-state index in [0.717, 1.165) is 24.8 Å². The average molecular weight is 247 g/mol. The number of nitrogens with one attached hydrogen (secondary N) is 1. The van der Waals surface area contributed by atoms with Gasteiger partial charge in [0.2, 0.25) is 0 Å². The van der Waals surface area contributed by atoms with Crippen LogP contribution in [0.4, 0.5) is 0 Å². The van der Waals surface area contributed by atoms with E-state index in [-0.39, 0.29) is 17.5 Å². The number of hydrogen-bond donors (Lipinski definition) is 3. The molecule has 1 aliphatic heterocycles. The Labute approximate surface area is 107 Å². The van der Waals surface area contributed by atoms with E-state index in [4.69, 9.17) is 0 Å². The average Bonchev–Trinajstić information content (AvgIpc) is 2.63. The molecule has 0 amide bonds. The maximum atomic E-state index is 10.5. The molecule has 0 unspecified atom stereocenters. The smallest absolute Gasteiger partial charge is 0.259 e. The first-order valence-corrected chi connectivity index (χ1v) is 6.52. The third-order valence-electron chi connectivity index (χ3n) is 4.28. The Hall–Kier alpha value is -1.39. The minimum atomic E-state index is -0.343. The molecule has 2 aliphatic rings. The summed E-state index contributed by atoms with van der Waals surface area (Å²) in [7, 11) is 0. The second kappa shape index (κ2) is 4.07. The fraction of sp³-hybridized carbons (Fsp3) is 0.500. The molecule has 1 aromatic carbocycles. The molecule has 18 heavy (non-hydrogen) atoms. The van der Waals surface area contributed by atoms with Gasteiger partial charge >= 0.3 is 0 Å². The number of nitrogens with zero attached hydrogens (tertiary/aromatic N) is 1. The van der Waals surface area contributed by atoms with Crippen LogP contribution in [0.3, 0.4) is 0 Å². The van der Waals surface area contributed by atoms with E-state index < -0.39 is 0 Å². The van der Waals surface area contributed by atoms with Crippen LogP contribution in [0.15, 0.2) is 24.3 Å². The largest absolute Gasteiger partial charge is 0.507 e. The van der Waals surface area contributed by atoms with E-state index in [0.29, 0.717) is 0 Å². The Balaban J connectivity index is 2.01. The highest BCUT2D eigenvalue weighted by atomic mass is 16.5. The number of fused-ring (bicyclic) bond motifs is 1. The number of aromatic hydroxyl groups is 1. The van der Waals surface area contributed by atoms with Gasteiger partial charge in [0.15, 0.2) is 5.71 Å². The van der Waals surface area contributed by atoms with Gasteiger partial charge in [-0.1, -0.05) is 18.6 Å². The lowest BCUT2D eigenvalue weighted by atomic mass is 9.82. The Bertz CT molecular complexity index is 500. The van der Waals surface area contributed by atoms with Gasteiger partial charge in [-0.15, -0.1) is 5.06 Å². The van der Waals surface area contributed by atoms with Crippen molar-refractivity contribution in [1.29, 1.82) is 0 Å². The Kier molecular flexibility index (Phi) is 2.64. The van der Waals surface area contributed by atoms with Crippen molar-refractivity contribution in [3.63, 3.8) is 0 Å². The molecule has 4 heteroatoms. The molecule has 2 atom stereocenters. The van der Waals surface area contributed by atoms with Crippen molar-refractivity contribution in [3.05, 3.63) is 29.8 Å². The highest BCUT2D eigenvalue weighted by Gasteiger charge is 2.53. The van der Waals surface area contributed by atoms with Crippen molar-refractivity contribution in [2.24, 2.45) is 0 Å². The minimum absolute atomic E-state index is 0.219. The third-order valence-corrected chi connectivity index (χ3v) is 4.28. The van der Waals surface area contributed by atoms with Crippen LogP contribution in [0.1, 0.15) is 44.3 Å². The summed E-state index contributed by atoms with van der Waals surface area (Å²) < 4.78 is 0. The van der Waals surface area contributed by atoms with E-state index in [1.807, 2.05) is 12.1 Å². The molecule has 0 saturated heterocycles. The molecule has 0 spiro atoms. The quantitative estimate of drug-likeness (QED) is 0.692. The van der Waals surface area contributed by atoms with E-state index >= 15 is 0 Å². The van der Waals surface area contributed by atoms with Crippen LogP contribution in [0, 0.1) is 0 Å². The predicted molar refractivity (Wildman–Crippen MR) is 67.3 cm³/mol. The van der Waals surface area contributed by atoms with Crippen molar-refractivity contribution < 1.29 is 15.3 Å². The molecule has 1 saturated carbocycles. The second-order valence-electron chi connectivity index (χ2n) is 5.41. The molecule has 1 fully saturated rings. The normalized spacial score (nSPS) is 32.1. The molecule has 1 aliphatic carbocycles. The number of phenols is 1. The molecular weight excluding hydrogens is 228 g/mol. The lowest BCUT2D eigenvalue weighted by molar-refractivity contribution is -0.549. The summed E-state index contributed by atoms with van der Waals surface area (Å²) >= 11 is 0. The standard InChI is InChI=1S/C14H18N2O2/c1-14-9-5-4-8-12(14)15-13(16(14)18)10-6-2-3-7-11(10)17/h2-3,6-7,13,17-18H,4-5,8-9H2,1H3/p+1/t13-,14-/m1/s1. The number of rotatable bonds is 1. The lowest BCUT2D eigenvalue weighted by Gasteiger charge is -2.32. The summed E-state index contributed by atoms with van der Waals surface area (Å²) in [5.41, 5.74) is 1.61. The number of phenolic OH excluding ortho intramolecular Hbond substituents is 1. The van der Waals surface area contributed by atoms with Gasteiger partial charge in [0.25, 0.3) is 6.17 Å². The number of benzene rings is 1. The van der Waals surface area contributed by atoms with Crippen molar-refractivity contribution in [1.82, 2.24) is 5.06 Å². The van der Waals surface area contributed by atoms with Crippen LogP contribution < -0.4 is 4.99 Å². The summed E-state index contributed by atoms with van der Waals surface area (Å²) in [6, 6.07) is 7.16. The molecule has 0 aromatic heterocycles. The van der Waals surface area contributed by atoms with Crippen LogP contribution in [-0.4, -0.2) is 26.6 Å². The topological polar surface area (TPSA) is 57.7 Å². The number of hydroxylamine groups is 2. The second-order valence-corrected chi connectivity index (χ2v) is 5.41. The van der Waals surface area contributed by atoms with Crippen LogP contribution in [0.5, 0.6) is 5.75 Å². The molecule has 0 radical (unpaired) electrons. The fourth-order valence-electron chi connectivity index (χ4n) is 3.11. The Morgan fingerprint density at radius 1 is 1.33 bits per heavy atom. The van der Waals surface area contributed by atoms with Crippen LogP contribution in [-0.2, 0) is 0 Å². The predicted octanol–water partition coefficient (Wildman–Crippen LogP) is 0.950. The summed E-state index contributed by atoms with van der Waals surface area (Å²) in [5.74, 6) is 0.219. The molecule has 1 heterocycles. The van der Waals surface area contributed by atoms with Crippen LogP contribution in [0.25, 0.3) is 0 Å². The fourth-order valence-corrected chi connectivity index (χ4v) is 3.11. The minimum Gasteiger partial charge on any atom is -0.507 e. The van der Waals surface area contributed by atoms with Crippen molar-refractivity contribution in [2.75, 3.05) is 0 Å². The Morgan fingerprint density at radius 2 is 2.11 bits per heavy atom. The summed E-state index contributed by atoms with van der Waals surface area (Å²) in [6.45, 7) is 2.06. The molecule has 4 nitrogen and oxygen atoms in total. The van der Waals surface area contributed by atoms with Gasteiger partial charge in [-0.25, -0.2) is 4.99 Å². The van der Waals surface area contributed by atoms with Gasteiger partial charge in [-0.05, 0) is 31.9 Å². The van der Waals surface area contributed by atoms with Crippen molar-refractivity contribution in [3.8, 4) is 5.75 Å².